The first-order chi connectivity index (χ1) is 9.24. The predicted octanol–water partition coefficient (Wildman–Crippen LogP) is 2.27. The highest BCUT2D eigenvalue weighted by atomic mass is 16.2. The molecule has 0 aliphatic heterocycles. The molecule has 1 saturated carbocycles. The van der Waals surface area contributed by atoms with Crippen molar-refractivity contribution >= 4 is 11.7 Å². The van der Waals surface area contributed by atoms with Crippen LogP contribution in [0.25, 0.3) is 0 Å². The van der Waals surface area contributed by atoms with Gasteiger partial charge in [0, 0.05) is 11.5 Å². The third-order valence-electron chi connectivity index (χ3n) is 4.04. The third-order valence-corrected chi connectivity index (χ3v) is 4.04. The molecule has 100 valence electrons. The molecule has 1 aromatic rings. The van der Waals surface area contributed by atoms with Crippen LogP contribution < -0.4 is 5.32 Å². The average molecular weight is 257 g/mol. The Morgan fingerprint density at radius 2 is 1.84 bits per heavy atom. The van der Waals surface area contributed by atoms with E-state index in [1.54, 1.807) is 0 Å². The molecule has 19 heavy (non-hydrogen) atoms. The smallest absolute Gasteiger partial charge is 0.223 e. The molecule has 3 rings (SSSR count). The summed E-state index contributed by atoms with van der Waals surface area (Å²) in [5, 5.41) is 2.73. The Hall–Kier alpha value is -1.64. The van der Waals surface area contributed by atoms with Crippen molar-refractivity contribution in [2.24, 2.45) is 5.92 Å². The maximum absolute atomic E-state index is 12.1. The monoisotopic (exact) mass is 257 g/mol. The van der Waals surface area contributed by atoms with Gasteiger partial charge in [-0.1, -0.05) is 12.1 Å². The highest BCUT2D eigenvalue weighted by Gasteiger charge is 2.29. The van der Waals surface area contributed by atoms with Gasteiger partial charge in [0.1, 0.15) is 0 Å². The Labute approximate surface area is 113 Å². The fraction of sp³-hybridized carbons (Fsp3) is 0.500. The van der Waals surface area contributed by atoms with Gasteiger partial charge >= 0.3 is 0 Å². The first-order valence-corrected chi connectivity index (χ1v) is 7.17. The molecule has 0 saturated heterocycles. The van der Waals surface area contributed by atoms with Crippen molar-refractivity contribution in [1.29, 1.82) is 0 Å². The molecule has 0 atom stereocenters. The lowest BCUT2D eigenvalue weighted by Gasteiger charge is -2.16. The van der Waals surface area contributed by atoms with Gasteiger partial charge in [0.2, 0.25) is 5.91 Å². The van der Waals surface area contributed by atoms with Crippen LogP contribution in [0, 0.1) is 5.92 Å². The van der Waals surface area contributed by atoms with Gasteiger partial charge in [-0.25, -0.2) is 0 Å². The predicted molar refractivity (Wildman–Crippen MR) is 73.1 cm³/mol. The molecule has 2 aliphatic carbocycles. The number of nitrogens with one attached hydrogen (secondary N) is 1. The Morgan fingerprint density at radius 3 is 2.58 bits per heavy atom. The van der Waals surface area contributed by atoms with Gasteiger partial charge in [-0.2, -0.15) is 0 Å². The van der Waals surface area contributed by atoms with Crippen LogP contribution in [0.15, 0.2) is 18.2 Å². The minimum Gasteiger partial charge on any atom is -0.348 e. The fourth-order valence-electron chi connectivity index (χ4n) is 2.67. The molecule has 0 aromatic heterocycles. The number of rotatable bonds is 4. The maximum atomic E-state index is 12.1. The average Bonchev–Trinajstić information content (AvgIpc) is 3.28. The second-order valence-electron chi connectivity index (χ2n) is 5.61. The Kier molecular flexibility index (Phi) is 3.36. The van der Waals surface area contributed by atoms with E-state index in [2.05, 4.69) is 11.4 Å². The summed E-state index contributed by atoms with van der Waals surface area (Å²) in [6.45, 7) is 0.133. The molecule has 1 aromatic carbocycles. The van der Waals surface area contributed by atoms with Crippen LogP contribution in [-0.2, 0) is 17.6 Å². The van der Waals surface area contributed by atoms with Gasteiger partial charge in [-0.05, 0) is 55.7 Å². The van der Waals surface area contributed by atoms with Gasteiger partial charge < -0.3 is 5.32 Å². The number of fused-ring (bicyclic) bond motifs is 1. The van der Waals surface area contributed by atoms with Gasteiger partial charge in [0.25, 0.3) is 0 Å². The second-order valence-corrected chi connectivity index (χ2v) is 5.61. The van der Waals surface area contributed by atoms with Crippen LogP contribution in [0.3, 0.4) is 0 Å². The normalized spacial score (nSPS) is 17.7. The van der Waals surface area contributed by atoms with Crippen molar-refractivity contribution in [1.82, 2.24) is 5.32 Å². The first-order valence-electron chi connectivity index (χ1n) is 7.17. The summed E-state index contributed by atoms with van der Waals surface area (Å²) in [5.41, 5.74) is 3.42. The van der Waals surface area contributed by atoms with E-state index in [-0.39, 0.29) is 24.2 Å². The van der Waals surface area contributed by atoms with Crippen LogP contribution in [0.5, 0.6) is 0 Å². The summed E-state index contributed by atoms with van der Waals surface area (Å²) in [5.74, 6) is 0.213. The minimum absolute atomic E-state index is 0.0161. The summed E-state index contributed by atoms with van der Waals surface area (Å²) < 4.78 is 0. The zero-order valence-electron chi connectivity index (χ0n) is 11.1. The molecule has 1 amide bonds. The number of ketones is 1. The van der Waals surface area contributed by atoms with Crippen LogP contribution in [0.1, 0.15) is 47.2 Å². The first kappa shape index (κ1) is 12.4. The standard InChI is InChI=1S/C16H19NO2/c18-15(10-17-16(19)12-6-7-12)14-8-5-11-3-1-2-4-13(11)9-14/h5,8-9,12H,1-4,6-7,10H2,(H,17,19). The summed E-state index contributed by atoms with van der Waals surface area (Å²) in [6.07, 6.45) is 6.60. The topological polar surface area (TPSA) is 46.2 Å². The molecule has 0 spiro atoms. The summed E-state index contributed by atoms with van der Waals surface area (Å²) in [6, 6.07) is 5.99. The Morgan fingerprint density at radius 1 is 1.11 bits per heavy atom. The van der Waals surface area contributed by atoms with E-state index >= 15 is 0 Å². The highest BCUT2D eigenvalue weighted by Crippen LogP contribution is 2.28. The zero-order chi connectivity index (χ0) is 13.2. The SMILES string of the molecule is O=C(CNC(=O)C1CC1)c1ccc2c(c1)CCCC2. The van der Waals surface area contributed by atoms with E-state index in [9.17, 15) is 9.59 Å². The van der Waals surface area contributed by atoms with Crippen molar-refractivity contribution in [3.63, 3.8) is 0 Å². The van der Waals surface area contributed by atoms with Crippen LogP contribution in [0.4, 0.5) is 0 Å². The molecule has 0 unspecified atom stereocenters. The third kappa shape index (κ3) is 2.86. The molecule has 0 heterocycles. The Balaban J connectivity index is 1.64. The number of carbonyl (C=O) groups excluding carboxylic acids is 2. The molecule has 3 nitrogen and oxygen atoms in total. The van der Waals surface area contributed by atoms with E-state index in [0.717, 1.165) is 31.2 Å². The molecule has 3 heteroatoms. The lowest BCUT2D eigenvalue weighted by atomic mass is 9.90. The van der Waals surface area contributed by atoms with E-state index in [1.165, 1.54) is 24.0 Å². The van der Waals surface area contributed by atoms with Crippen LogP contribution in [0.2, 0.25) is 0 Å². The molecule has 1 fully saturated rings. The van der Waals surface area contributed by atoms with E-state index in [1.807, 2.05) is 12.1 Å². The number of amides is 1. The van der Waals surface area contributed by atoms with Crippen molar-refractivity contribution in [2.75, 3.05) is 6.54 Å². The maximum Gasteiger partial charge on any atom is 0.223 e. The van der Waals surface area contributed by atoms with Crippen molar-refractivity contribution in [3.05, 3.63) is 34.9 Å². The number of Topliss-reactive ketones (excluding diaryl/α,β-unsaturated/α-hetero) is 1. The van der Waals surface area contributed by atoms with Gasteiger partial charge in [-0.3, -0.25) is 9.59 Å². The molecule has 1 N–H and O–H groups in total. The molecular formula is C16H19NO2. The van der Waals surface area contributed by atoms with E-state index in [0.29, 0.717) is 0 Å². The number of benzene rings is 1. The Bertz CT molecular complexity index is 517. The summed E-state index contributed by atoms with van der Waals surface area (Å²) in [4.78, 5) is 23.6. The van der Waals surface area contributed by atoms with Crippen LogP contribution in [-0.4, -0.2) is 18.2 Å². The highest BCUT2D eigenvalue weighted by molar-refractivity contribution is 5.99. The van der Waals surface area contributed by atoms with Crippen molar-refractivity contribution < 1.29 is 9.59 Å². The minimum atomic E-state index is 0.0161. The lowest BCUT2D eigenvalue weighted by Crippen LogP contribution is -2.30. The number of hydrogen-bond donors (Lipinski definition) is 1. The molecule has 2 aliphatic rings. The molecule has 0 radical (unpaired) electrons. The summed E-state index contributed by atoms with van der Waals surface area (Å²) >= 11 is 0. The van der Waals surface area contributed by atoms with Crippen LogP contribution >= 0.6 is 0 Å². The van der Waals surface area contributed by atoms with Crippen molar-refractivity contribution in [2.45, 2.75) is 38.5 Å². The quantitative estimate of drug-likeness (QED) is 0.841. The number of aryl methyl sites for hydroxylation is 2. The van der Waals surface area contributed by atoms with Gasteiger partial charge in [0.05, 0.1) is 6.54 Å². The number of hydrogen-bond acceptors (Lipinski definition) is 2. The van der Waals surface area contributed by atoms with E-state index in [4.69, 9.17) is 0 Å². The molecule has 0 bridgehead atoms. The zero-order valence-corrected chi connectivity index (χ0v) is 11.1. The van der Waals surface area contributed by atoms with E-state index < -0.39 is 0 Å². The lowest BCUT2D eigenvalue weighted by molar-refractivity contribution is -0.122. The molecular weight excluding hydrogens is 238 g/mol. The largest absolute Gasteiger partial charge is 0.348 e. The van der Waals surface area contributed by atoms with Crippen molar-refractivity contribution in [3.8, 4) is 0 Å². The fourth-order valence-corrected chi connectivity index (χ4v) is 2.67. The van der Waals surface area contributed by atoms with Gasteiger partial charge in [-0.15, -0.1) is 0 Å². The second kappa shape index (κ2) is 5.16. The van der Waals surface area contributed by atoms with Gasteiger partial charge in [0.15, 0.2) is 5.78 Å². The number of carbonyl (C=O) groups is 2. The summed E-state index contributed by atoms with van der Waals surface area (Å²) in [7, 11) is 0.